The molecule has 0 spiro atoms. The number of hydrogen-bond donors (Lipinski definition) is 1. The SMILES string of the molecule is Cl.O=S(=O)(NCCCCCN1CCc2ccccc2C1)c1ccc(F)cc1. The van der Waals surface area contributed by atoms with E-state index in [1.807, 2.05) is 0 Å². The van der Waals surface area contributed by atoms with Crippen LogP contribution in [-0.4, -0.2) is 33.0 Å². The summed E-state index contributed by atoms with van der Waals surface area (Å²) >= 11 is 0. The van der Waals surface area contributed by atoms with Crippen molar-refractivity contribution in [2.45, 2.75) is 37.1 Å². The Morgan fingerprint density at radius 3 is 2.41 bits per heavy atom. The van der Waals surface area contributed by atoms with Crippen LogP contribution in [0.1, 0.15) is 30.4 Å². The van der Waals surface area contributed by atoms with E-state index in [4.69, 9.17) is 0 Å². The second-order valence-electron chi connectivity index (χ2n) is 6.71. The molecule has 1 aliphatic heterocycles. The van der Waals surface area contributed by atoms with E-state index in [1.54, 1.807) is 0 Å². The van der Waals surface area contributed by atoms with Crippen molar-refractivity contribution in [2.24, 2.45) is 0 Å². The average Bonchev–Trinajstić information content (AvgIpc) is 2.65. The van der Waals surface area contributed by atoms with Gasteiger partial charge >= 0.3 is 0 Å². The van der Waals surface area contributed by atoms with Crippen molar-refractivity contribution >= 4 is 22.4 Å². The molecule has 0 unspecified atom stereocenters. The zero-order valence-electron chi connectivity index (χ0n) is 15.2. The van der Waals surface area contributed by atoms with E-state index >= 15 is 0 Å². The van der Waals surface area contributed by atoms with Crippen LogP contribution in [0.5, 0.6) is 0 Å². The highest BCUT2D eigenvalue weighted by Gasteiger charge is 2.15. The number of hydrogen-bond acceptors (Lipinski definition) is 3. The summed E-state index contributed by atoms with van der Waals surface area (Å²) in [5, 5.41) is 0. The quantitative estimate of drug-likeness (QED) is 0.671. The first kappa shape index (κ1) is 21.8. The van der Waals surface area contributed by atoms with Crippen LogP contribution in [0.15, 0.2) is 53.4 Å². The van der Waals surface area contributed by atoms with Crippen LogP contribution < -0.4 is 4.72 Å². The van der Waals surface area contributed by atoms with Gasteiger partial charge in [0.15, 0.2) is 0 Å². The van der Waals surface area contributed by atoms with Crippen LogP contribution in [0.4, 0.5) is 4.39 Å². The Morgan fingerprint density at radius 1 is 0.963 bits per heavy atom. The second kappa shape index (κ2) is 10.2. The largest absolute Gasteiger partial charge is 0.299 e. The fourth-order valence-corrected chi connectivity index (χ4v) is 4.36. The Bertz CT molecular complexity index is 828. The minimum absolute atomic E-state index is 0. The molecule has 0 aliphatic carbocycles. The van der Waals surface area contributed by atoms with Crippen LogP contribution in [0, 0.1) is 5.82 Å². The lowest BCUT2D eigenvalue weighted by molar-refractivity contribution is 0.248. The molecule has 0 bridgehead atoms. The number of benzene rings is 2. The summed E-state index contributed by atoms with van der Waals surface area (Å²) in [7, 11) is -3.55. The lowest BCUT2D eigenvalue weighted by Crippen LogP contribution is -2.31. The molecule has 148 valence electrons. The highest BCUT2D eigenvalue weighted by molar-refractivity contribution is 7.89. The average molecular weight is 413 g/mol. The van der Waals surface area contributed by atoms with Gasteiger partial charge < -0.3 is 0 Å². The molecule has 0 saturated heterocycles. The molecule has 0 aromatic heterocycles. The lowest BCUT2D eigenvalue weighted by Gasteiger charge is -2.28. The zero-order chi connectivity index (χ0) is 18.4. The summed E-state index contributed by atoms with van der Waals surface area (Å²) in [6.07, 6.45) is 3.93. The molecule has 1 N–H and O–H groups in total. The summed E-state index contributed by atoms with van der Waals surface area (Å²) in [6, 6.07) is 13.5. The second-order valence-corrected chi connectivity index (χ2v) is 8.47. The Hall–Kier alpha value is -1.47. The first-order valence-corrected chi connectivity index (χ1v) is 10.6. The molecule has 2 aromatic rings. The zero-order valence-corrected chi connectivity index (χ0v) is 16.9. The minimum Gasteiger partial charge on any atom is -0.299 e. The third-order valence-electron chi connectivity index (χ3n) is 4.78. The first-order valence-electron chi connectivity index (χ1n) is 9.09. The van der Waals surface area contributed by atoms with Gasteiger partial charge in [-0.1, -0.05) is 30.7 Å². The summed E-state index contributed by atoms with van der Waals surface area (Å²) in [6.45, 7) is 3.54. The van der Waals surface area contributed by atoms with E-state index in [0.717, 1.165) is 57.5 Å². The molecule has 7 heteroatoms. The number of sulfonamides is 1. The van der Waals surface area contributed by atoms with Crippen LogP contribution in [-0.2, 0) is 23.0 Å². The number of rotatable bonds is 8. The summed E-state index contributed by atoms with van der Waals surface area (Å²) in [5.74, 6) is -0.440. The summed E-state index contributed by atoms with van der Waals surface area (Å²) in [5.41, 5.74) is 2.88. The highest BCUT2D eigenvalue weighted by atomic mass is 35.5. The Labute approximate surface area is 167 Å². The van der Waals surface area contributed by atoms with Crippen molar-refractivity contribution in [1.29, 1.82) is 0 Å². The number of unbranched alkanes of at least 4 members (excludes halogenated alkanes) is 2. The van der Waals surface area contributed by atoms with E-state index < -0.39 is 15.8 Å². The standard InChI is InChI=1S/C20H25FN2O2S.ClH/c21-19-8-10-20(11-9-19)26(24,25)22-13-4-1-5-14-23-15-12-17-6-2-3-7-18(17)16-23;/h2-3,6-11,22H,1,4-5,12-16H2;1H. The van der Waals surface area contributed by atoms with Crippen LogP contribution in [0.2, 0.25) is 0 Å². The van der Waals surface area contributed by atoms with Crippen molar-refractivity contribution in [3.63, 3.8) is 0 Å². The molecule has 1 aliphatic rings. The molecule has 0 radical (unpaired) electrons. The predicted octanol–water partition coefficient (Wildman–Crippen LogP) is 3.75. The van der Waals surface area contributed by atoms with Gasteiger partial charge in [0.2, 0.25) is 10.0 Å². The molecule has 0 fully saturated rings. The number of nitrogens with one attached hydrogen (secondary N) is 1. The molecular formula is C20H26ClFN2O2S. The third-order valence-corrected chi connectivity index (χ3v) is 6.25. The van der Waals surface area contributed by atoms with Gasteiger partial charge in [0.1, 0.15) is 5.82 Å². The monoisotopic (exact) mass is 412 g/mol. The van der Waals surface area contributed by atoms with Gasteiger partial charge in [0, 0.05) is 19.6 Å². The minimum atomic E-state index is -3.55. The molecule has 2 aromatic carbocycles. The number of halogens is 2. The maximum Gasteiger partial charge on any atom is 0.240 e. The van der Waals surface area contributed by atoms with Crippen molar-refractivity contribution < 1.29 is 12.8 Å². The third kappa shape index (κ3) is 6.28. The molecule has 0 atom stereocenters. The fourth-order valence-electron chi connectivity index (χ4n) is 3.29. The molecule has 0 amide bonds. The van der Waals surface area contributed by atoms with E-state index in [2.05, 4.69) is 33.9 Å². The molecule has 3 rings (SSSR count). The lowest BCUT2D eigenvalue weighted by atomic mass is 10.00. The van der Waals surface area contributed by atoms with Gasteiger partial charge in [-0.3, -0.25) is 4.90 Å². The van der Waals surface area contributed by atoms with Gasteiger partial charge in [0.05, 0.1) is 4.90 Å². The van der Waals surface area contributed by atoms with E-state index in [0.29, 0.717) is 6.54 Å². The van der Waals surface area contributed by atoms with Gasteiger partial charge in [-0.05, 0) is 61.2 Å². The Balaban J connectivity index is 0.00000261. The van der Waals surface area contributed by atoms with Crippen molar-refractivity contribution in [3.05, 3.63) is 65.5 Å². The molecular weight excluding hydrogens is 387 g/mol. The Kier molecular flexibility index (Phi) is 8.23. The van der Waals surface area contributed by atoms with Gasteiger partial charge in [-0.25, -0.2) is 17.5 Å². The molecule has 27 heavy (non-hydrogen) atoms. The maximum atomic E-state index is 12.9. The smallest absolute Gasteiger partial charge is 0.240 e. The van der Waals surface area contributed by atoms with Crippen LogP contribution in [0.25, 0.3) is 0 Å². The van der Waals surface area contributed by atoms with Gasteiger partial charge in [-0.2, -0.15) is 0 Å². The van der Waals surface area contributed by atoms with Crippen molar-refractivity contribution in [1.82, 2.24) is 9.62 Å². The van der Waals surface area contributed by atoms with E-state index in [1.165, 1.54) is 23.3 Å². The van der Waals surface area contributed by atoms with Gasteiger partial charge in [0.25, 0.3) is 0 Å². The fraction of sp³-hybridized carbons (Fsp3) is 0.400. The van der Waals surface area contributed by atoms with Gasteiger partial charge in [-0.15, -0.1) is 12.4 Å². The normalized spacial score (nSPS) is 14.4. The maximum absolute atomic E-state index is 12.9. The van der Waals surface area contributed by atoms with Crippen LogP contribution >= 0.6 is 12.4 Å². The highest BCUT2D eigenvalue weighted by Crippen LogP contribution is 2.18. The summed E-state index contributed by atoms with van der Waals surface area (Å²) < 4.78 is 39.7. The number of fused-ring (bicyclic) bond motifs is 1. The van der Waals surface area contributed by atoms with Crippen molar-refractivity contribution in [3.8, 4) is 0 Å². The number of nitrogens with zero attached hydrogens (tertiary/aromatic N) is 1. The van der Waals surface area contributed by atoms with Crippen LogP contribution in [0.3, 0.4) is 0 Å². The van der Waals surface area contributed by atoms with E-state index in [-0.39, 0.29) is 17.3 Å². The molecule has 4 nitrogen and oxygen atoms in total. The first-order chi connectivity index (χ1) is 12.5. The summed E-state index contributed by atoms with van der Waals surface area (Å²) in [4.78, 5) is 2.57. The topological polar surface area (TPSA) is 49.4 Å². The molecule has 1 heterocycles. The predicted molar refractivity (Wildman–Crippen MR) is 108 cm³/mol. The Morgan fingerprint density at radius 2 is 1.67 bits per heavy atom. The van der Waals surface area contributed by atoms with Crippen molar-refractivity contribution in [2.75, 3.05) is 19.6 Å². The molecule has 0 saturated carbocycles. The van der Waals surface area contributed by atoms with E-state index in [9.17, 15) is 12.8 Å².